The van der Waals surface area contributed by atoms with E-state index in [1.165, 1.54) is 24.4 Å². The van der Waals surface area contributed by atoms with Crippen molar-refractivity contribution in [2.45, 2.75) is 33.4 Å². The molecule has 0 spiro atoms. The van der Waals surface area contributed by atoms with Gasteiger partial charge in [-0.05, 0) is 47.6 Å². The quantitative estimate of drug-likeness (QED) is 0.471. The zero-order valence-electron chi connectivity index (χ0n) is 14.4. The average Bonchev–Trinajstić information content (AvgIpc) is 2.51. The Bertz CT molecular complexity index is 713. The van der Waals surface area contributed by atoms with Gasteiger partial charge < -0.3 is 4.74 Å². The Morgan fingerprint density at radius 2 is 1.72 bits per heavy atom. The van der Waals surface area contributed by atoms with E-state index in [1.54, 1.807) is 0 Å². The highest BCUT2D eigenvalue weighted by Gasteiger charge is 2.35. The fourth-order valence-corrected chi connectivity index (χ4v) is 2.74. The van der Waals surface area contributed by atoms with Crippen LogP contribution in [-0.2, 0) is 6.18 Å². The first kappa shape index (κ1) is 19.2. The molecule has 6 heteroatoms. The maximum Gasteiger partial charge on any atom is 0.419 e. The van der Waals surface area contributed by atoms with E-state index in [2.05, 4.69) is 18.8 Å². The SMILES string of the molecule is CC(C)CC(C)COc1ccc(-c2ccnc(F)c2)cc1C(F)(F)F. The van der Waals surface area contributed by atoms with E-state index < -0.39 is 17.7 Å². The third-order valence-corrected chi connectivity index (χ3v) is 3.74. The maximum absolute atomic E-state index is 13.4. The summed E-state index contributed by atoms with van der Waals surface area (Å²) in [6, 6.07) is 6.33. The lowest BCUT2D eigenvalue weighted by atomic mass is 9.99. The van der Waals surface area contributed by atoms with Gasteiger partial charge in [-0.3, -0.25) is 0 Å². The van der Waals surface area contributed by atoms with E-state index in [1.807, 2.05) is 6.92 Å². The molecular formula is C19H21F4NO. The Morgan fingerprint density at radius 1 is 1.04 bits per heavy atom. The van der Waals surface area contributed by atoms with Crippen molar-refractivity contribution in [1.29, 1.82) is 0 Å². The summed E-state index contributed by atoms with van der Waals surface area (Å²) in [4.78, 5) is 3.41. The molecule has 0 fully saturated rings. The van der Waals surface area contributed by atoms with Gasteiger partial charge in [-0.1, -0.05) is 26.8 Å². The predicted molar refractivity (Wildman–Crippen MR) is 88.7 cm³/mol. The van der Waals surface area contributed by atoms with Crippen LogP contribution in [0.25, 0.3) is 11.1 Å². The van der Waals surface area contributed by atoms with Crippen LogP contribution >= 0.6 is 0 Å². The monoisotopic (exact) mass is 355 g/mol. The number of pyridine rings is 1. The molecule has 1 unspecified atom stereocenters. The van der Waals surface area contributed by atoms with Crippen molar-refractivity contribution < 1.29 is 22.3 Å². The molecule has 0 amide bonds. The van der Waals surface area contributed by atoms with E-state index in [-0.39, 0.29) is 23.8 Å². The summed E-state index contributed by atoms with van der Waals surface area (Å²) in [6.45, 7) is 6.27. The number of hydrogen-bond donors (Lipinski definition) is 0. The largest absolute Gasteiger partial charge is 0.493 e. The van der Waals surface area contributed by atoms with Gasteiger partial charge in [-0.15, -0.1) is 0 Å². The molecule has 2 nitrogen and oxygen atoms in total. The van der Waals surface area contributed by atoms with Gasteiger partial charge in [0.15, 0.2) is 0 Å². The van der Waals surface area contributed by atoms with Gasteiger partial charge in [0.1, 0.15) is 5.75 Å². The first-order valence-electron chi connectivity index (χ1n) is 8.12. The smallest absolute Gasteiger partial charge is 0.419 e. The molecule has 1 aromatic heterocycles. The van der Waals surface area contributed by atoms with Crippen LogP contribution in [0.2, 0.25) is 0 Å². The molecular weight excluding hydrogens is 334 g/mol. The van der Waals surface area contributed by atoms with Gasteiger partial charge in [-0.25, -0.2) is 4.98 Å². The Kier molecular flexibility index (Phi) is 6.03. The van der Waals surface area contributed by atoms with Crippen molar-refractivity contribution in [3.8, 4) is 16.9 Å². The van der Waals surface area contributed by atoms with Gasteiger partial charge in [0.25, 0.3) is 0 Å². The fraction of sp³-hybridized carbons (Fsp3) is 0.421. The Hall–Kier alpha value is -2.11. The van der Waals surface area contributed by atoms with Gasteiger partial charge in [0.2, 0.25) is 5.95 Å². The normalized spacial score (nSPS) is 13.1. The molecule has 0 aliphatic rings. The molecule has 136 valence electrons. The van der Waals surface area contributed by atoms with Gasteiger partial charge in [0.05, 0.1) is 12.2 Å². The Labute approximate surface area is 144 Å². The number of benzene rings is 1. The van der Waals surface area contributed by atoms with E-state index >= 15 is 0 Å². The second-order valence-electron chi connectivity index (χ2n) is 6.62. The molecule has 1 heterocycles. The topological polar surface area (TPSA) is 22.1 Å². The molecule has 0 N–H and O–H groups in total. The number of rotatable bonds is 6. The molecule has 1 atom stereocenters. The van der Waals surface area contributed by atoms with E-state index in [9.17, 15) is 17.6 Å². The molecule has 0 saturated carbocycles. The van der Waals surface area contributed by atoms with Crippen LogP contribution < -0.4 is 4.74 Å². The Balaban J connectivity index is 2.29. The molecule has 0 aliphatic heterocycles. The molecule has 25 heavy (non-hydrogen) atoms. The molecule has 0 saturated heterocycles. The van der Waals surface area contributed by atoms with Crippen LogP contribution in [-0.4, -0.2) is 11.6 Å². The second kappa shape index (κ2) is 7.85. The third kappa shape index (κ3) is 5.44. The van der Waals surface area contributed by atoms with Crippen molar-refractivity contribution in [3.05, 3.63) is 48.0 Å². The van der Waals surface area contributed by atoms with Crippen LogP contribution in [0.1, 0.15) is 32.8 Å². The summed E-state index contributed by atoms with van der Waals surface area (Å²) in [5.74, 6) is -0.352. The number of ether oxygens (including phenoxy) is 1. The lowest BCUT2D eigenvalue weighted by Gasteiger charge is -2.19. The fourth-order valence-electron chi connectivity index (χ4n) is 2.74. The lowest BCUT2D eigenvalue weighted by molar-refractivity contribution is -0.139. The van der Waals surface area contributed by atoms with Crippen molar-refractivity contribution in [2.24, 2.45) is 11.8 Å². The summed E-state index contributed by atoms with van der Waals surface area (Å²) >= 11 is 0. The van der Waals surface area contributed by atoms with Crippen LogP contribution in [0.3, 0.4) is 0 Å². The first-order valence-corrected chi connectivity index (χ1v) is 8.12. The Morgan fingerprint density at radius 3 is 2.32 bits per heavy atom. The number of nitrogens with zero attached hydrogens (tertiary/aromatic N) is 1. The van der Waals surface area contributed by atoms with E-state index in [0.717, 1.165) is 18.6 Å². The van der Waals surface area contributed by atoms with Crippen molar-refractivity contribution in [1.82, 2.24) is 4.98 Å². The highest BCUT2D eigenvalue weighted by atomic mass is 19.4. The predicted octanol–water partition coefficient (Wildman–Crippen LogP) is 5.97. The van der Waals surface area contributed by atoms with Crippen LogP contribution in [0.4, 0.5) is 17.6 Å². The summed E-state index contributed by atoms with van der Waals surface area (Å²) in [7, 11) is 0. The minimum absolute atomic E-state index is 0.148. The minimum atomic E-state index is -4.56. The molecule has 0 aliphatic carbocycles. The van der Waals surface area contributed by atoms with E-state index in [4.69, 9.17) is 4.74 Å². The number of alkyl halides is 3. The van der Waals surface area contributed by atoms with Crippen LogP contribution in [0.15, 0.2) is 36.5 Å². The van der Waals surface area contributed by atoms with Crippen molar-refractivity contribution >= 4 is 0 Å². The zero-order valence-corrected chi connectivity index (χ0v) is 14.4. The minimum Gasteiger partial charge on any atom is -0.493 e. The average molecular weight is 355 g/mol. The van der Waals surface area contributed by atoms with Crippen molar-refractivity contribution in [3.63, 3.8) is 0 Å². The van der Waals surface area contributed by atoms with Gasteiger partial charge >= 0.3 is 6.18 Å². The third-order valence-electron chi connectivity index (χ3n) is 3.74. The molecule has 0 bridgehead atoms. The van der Waals surface area contributed by atoms with Gasteiger partial charge in [0, 0.05) is 12.3 Å². The molecule has 1 aromatic carbocycles. The number of hydrogen-bond acceptors (Lipinski definition) is 2. The summed E-state index contributed by atoms with van der Waals surface area (Å²) in [6.07, 6.45) is -2.47. The summed E-state index contributed by atoms with van der Waals surface area (Å²) in [5.41, 5.74) is -0.270. The number of aromatic nitrogens is 1. The van der Waals surface area contributed by atoms with Gasteiger partial charge in [-0.2, -0.15) is 17.6 Å². The highest BCUT2D eigenvalue weighted by molar-refractivity contribution is 5.65. The molecule has 2 rings (SSSR count). The van der Waals surface area contributed by atoms with Crippen LogP contribution in [0.5, 0.6) is 5.75 Å². The van der Waals surface area contributed by atoms with E-state index in [0.29, 0.717) is 11.5 Å². The second-order valence-corrected chi connectivity index (χ2v) is 6.62. The summed E-state index contributed by atoms with van der Waals surface area (Å²) in [5, 5.41) is 0. The zero-order chi connectivity index (χ0) is 18.6. The standard InChI is InChI=1S/C19H21F4NO/c1-12(2)8-13(3)11-25-17-5-4-14(9-16(17)19(21,22)23)15-6-7-24-18(20)10-15/h4-7,9-10,12-13H,8,11H2,1-3H3. The molecule has 2 aromatic rings. The van der Waals surface area contributed by atoms with Crippen LogP contribution in [0, 0.1) is 17.8 Å². The lowest BCUT2D eigenvalue weighted by Crippen LogP contribution is -2.14. The molecule has 0 radical (unpaired) electrons. The maximum atomic E-state index is 13.4. The first-order chi connectivity index (χ1) is 11.7. The van der Waals surface area contributed by atoms with Crippen molar-refractivity contribution in [2.75, 3.05) is 6.61 Å². The highest BCUT2D eigenvalue weighted by Crippen LogP contribution is 2.39. The number of halogens is 4. The summed E-state index contributed by atoms with van der Waals surface area (Å²) < 4.78 is 58.8.